The maximum Gasteiger partial charge on any atom is 0.268 e. The number of fused-ring (bicyclic) bond motifs is 1. The van der Waals surface area contributed by atoms with E-state index in [4.69, 9.17) is 0 Å². The lowest BCUT2D eigenvalue weighted by molar-refractivity contribution is 0.0946. The molecule has 1 aromatic carbocycles. The van der Waals surface area contributed by atoms with E-state index >= 15 is 0 Å². The largest absolute Gasteiger partial charge is 0.351 e. The zero-order chi connectivity index (χ0) is 16.7. The van der Waals surface area contributed by atoms with Gasteiger partial charge >= 0.3 is 0 Å². The maximum atomic E-state index is 12.4. The summed E-state index contributed by atoms with van der Waals surface area (Å²) in [5, 5.41) is 12.3. The first-order valence-electron chi connectivity index (χ1n) is 8.39. The standard InChI is InChI=1S/C18H21N5O/c1-11-6-7-16-15(12(11)2)8-17(20-16)18(24)19-9-13-10-23(22-21-13)14-4-3-5-14/h6-8,10,14,20H,3-5,9H2,1-2H3,(H,19,24). The molecule has 1 saturated carbocycles. The average molecular weight is 323 g/mol. The van der Waals surface area contributed by atoms with Gasteiger partial charge in [0.15, 0.2) is 0 Å². The fourth-order valence-electron chi connectivity index (χ4n) is 3.07. The summed E-state index contributed by atoms with van der Waals surface area (Å²) in [6, 6.07) is 6.48. The third-order valence-corrected chi connectivity index (χ3v) is 5.02. The highest BCUT2D eigenvalue weighted by molar-refractivity contribution is 5.99. The summed E-state index contributed by atoms with van der Waals surface area (Å²) in [4.78, 5) is 15.6. The van der Waals surface area contributed by atoms with Crippen molar-refractivity contribution < 1.29 is 4.79 Å². The minimum Gasteiger partial charge on any atom is -0.351 e. The lowest BCUT2D eigenvalue weighted by atomic mass is 9.93. The molecular weight excluding hydrogens is 302 g/mol. The van der Waals surface area contributed by atoms with Crippen molar-refractivity contribution in [2.45, 2.75) is 45.7 Å². The van der Waals surface area contributed by atoms with Crippen LogP contribution < -0.4 is 5.32 Å². The first kappa shape index (κ1) is 14.9. The number of hydrogen-bond donors (Lipinski definition) is 2. The van der Waals surface area contributed by atoms with Gasteiger partial charge < -0.3 is 10.3 Å². The minimum atomic E-state index is -0.124. The summed E-state index contributed by atoms with van der Waals surface area (Å²) in [5.41, 5.74) is 4.77. The number of carbonyl (C=O) groups is 1. The molecule has 3 aromatic rings. The molecule has 0 saturated heterocycles. The lowest BCUT2D eigenvalue weighted by Gasteiger charge is -2.24. The van der Waals surface area contributed by atoms with Crippen molar-refractivity contribution in [3.05, 3.63) is 46.9 Å². The Morgan fingerprint density at radius 1 is 1.38 bits per heavy atom. The monoisotopic (exact) mass is 323 g/mol. The van der Waals surface area contributed by atoms with Crippen molar-refractivity contribution in [3.63, 3.8) is 0 Å². The maximum absolute atomic E-state index is 12.4. The molecule has 1 fully saturated rings. The normalized spacial score (nSPS) is 14.8. The van der Waals surface area contributed by atoms with E-state index in [0.717, 1.165) is 16.6 Å². The second-order valence-corrected chi connectivity index (χ2v) is 6.61. The Balaban J connectivity index is 1.46. The minimum absolute atomic E-state index is 0.124. The Morgan fingerprint density at radius 3 is 2.96 bits per heavy atom. The van der Waals surface area contributed by atoms with E-state index < -0.39 is 0 Å². The lowest BCUT2D eigenvalue weighted by Crippen LogP contribution is -2.23. The molecule has 1 amide bonds. The van der Waals surface area contributed by atoms with E-state index in [1.807, 2.05) is 23.0 Å². The fourth-order valence-corrected chi connectivity index (χ4v) is 3.07. The molecule has 0 bridgehead atoms. The number of benzene rings is 1. The van der Waals surface area contributed by atoms with Crippen LogP contribution in [-0.4, -0.2) is 25.9 Å². The summed E-state index contributed by atoms with van der Waals surface area (Å²) in [6.45, 7) is 4.54. The van der Waals surface area contributed by atoms with Gasteiger partial charge in [0.25, 0.3) is 5.91 Å². The zero-order valence-electron chi connectivity index (χ0n) is 14.0. The highest BCUT2D eigenvalue weighted by Gasteiger charge is 2.20. The number of aromatic nitrogens is 4. The van der Waals surface area contributed by atoms with Crippen LogP contribution in [0.2, 0.25) is 0 Å². The summed E-state index contributed by atoms with van der Waals surface area (Å²) in [7, 11) is 0. The molecule has 124 valence electrons. The Morgan fingerprint density at radius 2 is 2.21 bits per heavy atom. The molecule has 6 heteroatoms. The van der Waals surface area contributed by atoms with Gasteiger partial charge in [-0.25, -0.2) is 4.68 Å². The quantitative estimate of drug-likeness (QED) is 0.775. The van der Waals surface area contributed by atoms with Gasteiger partial charge in [0, 0.05) is 10.9 Å². The van der Waals surface area contributed by atoms with Crippen LogP contribution in [0.15, 0.2) is 24.4 Å². The van der Waals surface area contributed by atoms with Gasteiger partial charge in [-0.3, -0.25) is 4.79 Å². The summed E-state index contributed by atoms with van der Waals surface area (Å²) < 4.78 is 1.92. The van der Waals surface area contributed by atoms with Crippen LogP contribution >= 0.6 is 0 Å². The third-order valence-electron chi connectivity index (χ3n) is 5.02. The smallest absolute Gasteiger partial charge is 0.268 e. The molecule has 4 rings (SSSR count). The summed E-state index contributed by atoms with van der Waals surface area (Å²) >= 11 is 0. The van der Waals surface area contributed by atoms with E-state index in [1.54, 1.807) is 0 Å². The molecule has 0 atom stereocenters. The summed E-state index contributed by atoms with van der Waals surface area (Å²) in [6.07, 6.45) is 5.53. The number of rotatable bonds is 4. The molecule has 2 N–H and O–H groups in total. The third kappa shape index (κ3) is 2.58. The molecule has 1 aliphatic rings. The van der Waals surface area contributed by atoms with Crippen LogP contribution in [0.4, 0.5) is 0 Å². The first-order valence-corrected chi connectivity index (χ1v) is 8.39. The van der Waals surface area contributed by atoms with Crippen molar-refractivity contribution in [1.29, 1.82) is 0 Å². The molecule has 0 unspecified atom stereocenters. The molecule has 24 heavy (non-hydrogen) atoms. The zero-order valence-corrected chi connectivity index (χ0v) is 14.0. The number of aryl methyl sites for hydroxylation is 2. The van der Waals surface area contributed by atoms with E-state index in [0.29, 0.717) is 18.3 Å². The van der Waals surface area contributed by atoms with Gasteiger partial charge in [0.2, 0.25) is 0 Å². The van der Waals surface area contributed by atoms with Gasteiger partial charge in [-0.1, -0.05) is 11.3 Å². The highest BCUT2D eigenvalue weighted by Crippen LogP contribution is 2.30. The van der Waals surface area contributed by atoms with Crippen molar-refractivity contribution in [2.75, 3.05) is 0 Å². The summed E-state index contributed by atoms with van der Waals surface area (Å²) in [5.74, 6) is -0.124. The molecule has 0 radical (unpaired) electrons. The molecule has 1 aliphatic carbocycles. The molecular formula is C18H21N5O. The van der Waals surface area contributed by atoms with Gasteiger partial charge in [-0.2, -0.15) is 0 Å². The van der Waals surface area contributed by atoms with Crippen LogP contribution in [-0.2, 0) is 6.54 Å². The number of hydrogen-bond acceptors (Lipinski definition) is 3. The Bertz CT molecular complexity index is 903. The number of H-pyrrole nitrogens is 1. The predicted molar refractivity (Wildman–Crippen MR) is 91.9 cm³/mol. The Kier molecular flexibility index (Phi) is 3.59. The number of amides is 1. The van der Waals surface area contributed by atoms with Crippen LogP contribution in [0.3, 0.4) is 0 Å². The highest BCUT2D eigenvalue weighted by atomic mass is 16.1. The number of carbonyl (C=O) groups excluding carboxylic acids is 1. The van der Waals surface area contributed by atoms with Crippen molar-refractivity contribution in [1.82, 2.24) is 25.3 Å². The van der Waals surface area contributed by atoms with E-state index in [1.165, 1.54) is 30.4 Å². The van der Waals surface area contributed by atoms with Gasteiger partial charge in [0.05, 0.1) is 18.8 Å². The van der Waals surface area contributed by atoms with Gasteiger partial charge in [0.1, 0.15) is 11.4 Å². The average Bonchev–Trinajstić information content (AvgIpc) is 3.14. The molecule has 0 aliphatic heterocycles. The SMILES string of the molecule is Cc1ccc2[nH]c(C(=O)NCc3cn(C4CCC4)nn3)cc2c1C. The van der Waals surface area contributed by atoms with Crippen molar-refractivity contribution in [3.8, 4) is 0 Å². The van der Waals surface area contributed by atoms with E-state index in [-0.39, 0.29) is 5.91 Å². The van der Waals surface area contributed by atoms with Crippen molar-refractivity contribution in [2.24, 2.45) is 0 Å². The van der Waals surface area contributed by atoms with Crippen LogP contribution in [0.5, 0.6) is 0 Å². The van der Waals surface area contributed by atoms with Crippen LogP contribution in [0, 0.1) is 13.8 Å². The first-order chi connectivity index (χ1) is 11.6. The number of aromatic amines is 1. The number of nitrogens with one attached hydrogen (secondary N) is 2. The van der Waals surface area contributed by atoms with Crippen molar-refractivity contribution >= 4 is 16.8 Å². The van der Waals surface area contributed by atoms with Gasteiger partial charge in [-0.05, 0) is 56.4 Å². The topological polar surface area (TPSA) is 75.6 Å². The second kappa shape index (κ2) is 5.78. The molecule has 2 aromatic heterocycles. The second-order valence-electron chi connectivity index (χ2n) is 6.61. The molecule has 2 heterocycles. The van der Waals surface area contributed by atoms with Crippen LogP contribution in [0.1, 0.15) is 52.6 Å². The molecule has 0 spiro atoms. The fraction of sp³-hybridized carbons (Fsp3) is 0.389. The van der Waals surface area contributed by atoms with Gasteiger partial charge in [-0.15, -0.1) is 5.10 Å². The van der Waals surface area contributed by atoms with Crippen LogP contribution in [0.25, 0.3) is 10.9 Å². The van der Waals surface area contributed by atoms with E-state index in [9.17, 15) is 4.79 Å². The Labute approximate surface area is 140 Å². The van der Waals surface area contributed by atoms with E-state index in [2.05, 4.69) is 40.5 Å². The molecule has 6 nitrogen and oxygen atoms in total. The Hall–Kier alpha value is -2.63. The number of nitrogens with zero attached hydrogens (tertiary/aromatic N) is 3. The predicted octanol–water partition coefficient (Wildman–Crippen LogP) is 3.03.